The molecule has 3 rings (SSSR count). The molecular formula is C22H26N2O4. The summed E-state index contributed by atoms with van der Waals surface area (Å²) in [6.07, 6.45) is 2.79. The van der Waals surface area contributed by atoms with Crippen LogP contribution in [0.3, 0.4) is 0 Å². The Kier molecular flexibility index (Phi) is 6.66. The molecule has 0 saturated carbocycles. The third-order valence-corrected chi connectivity index (χ3v) is 4.88. The van der Waals surface area contributed by atoms with Crippen molar-refractivity contribution < 1.29 is 19.4 Å². The van der Waals surface area contributed by atoms with Gasteiger partial charge in [0.15, 0.2) is 6.10 Å². The van der Waals surface area contributed by atoms with Gasteiger partial charge in [0.1, 0.15) is 0 Å². The Hall–Kier alpha value is -2.86. The van der Waals surface area contributed by atoms with Crippen molar-refractivity contribution in [2.24, 2.45) is 0 Å². The zero-order chi connectivity index (χ0) is 19.9. The molecule has 1 amide bonds. The van der Waals surface area contributed by atoms with E-state index >= 15 is 0 Å². The highest BCUT2D eigenvalue weighted by molar-refractivity contribution is 5.97. The van der Waals surface area contributed by atoms with Gasteiger partial charge in [-0.25, -0.2) is 4.79 Å². The summed E-state index contributed by atoms with van der Waals surface area (Å²) in [7, 11) is 0. The van der Waals surface area contributed by atoms with Crippen molar-refractivity contribution >= 4 is 23.3 Å². The summed E-state index contributed by atoms with van der Waals surface area (Å²) < 4.78 is 5.24. The van der Waals surface area contributed by atoms with Crippen molar-refractivity contribution in [3.8, 4) is 0 Å². The summed E-state index contributed by atoms with van der Waals surface area (Å²) in [4.78, 5) is 26.8. The van der Waals surface area contributed by atoms with Gasteiger partial charge in [0.25, 0.3) is 5.91 Å². The number of aliphatic hydroxyl groups excluding tert-OH is 1. The van der Waals surface area contributed by atoms with Gasteiger partial charge in [-0.15, -0.1) is 0 Å². The van der Waals surface area contributed by atoms with Gasteiger partial charge in [-0.2, -0.15) is 0 Å². The maximum absolute atomic E-state index is 12.3. The molecule has 2 aromatic carbocycles. The smallest absolute Gasteiger partial charge is 0.338 e. The van der Waals surface area contributed by atoms with Gasteiger partial charge >= 0.3 is 5.97 Å². The number of esters is 1. The molecule has 6 nitrogen and oxygen atoms in total. The number of amides is 1. The molecule has 2 aromatic rings. The maximum Gasteiger partial charge on any atom is 0.338 e. The molecule has 2 N–H and O–H groups in total. The summed E-state index contributed by atoms with van der Waals surface area (Å²) in [5, 5.41) is 11.8. The molecule has 1 saturated heterocycles. The lowest BCUT2D eigenvalue weighted by Crippen LogP contribution is -2.30. The molecule has 0 bridgehead atoms. The van der Waals surface area contributed by atoms with Gasteiger partial charge in [0.2, 0.25) is 0 Å². The van der Waals surface area contributed by atoms with Gasteiger partial charge in [0.05, 0.1) is 12.2 Å². The van der Waals surface area contributed by atoms with Crippen LogP contribution in [-0.4, -0.2) is 36.2 Å². The fourth-order valence-electron chi connectivity index (χ4n) is 3.18. The topological polar surface area (TPSA) is 78.9 Å². The normalized spacial score (nSPS) is 15.0. The molecule has 0 radical (unpaired) electrons. The first kappa shape index (κ1) is 19.9. The number of ether oxygens (including phenoxy) is 1. The number of carbonyl (C=O) groups is 2. The standard InChI is InChI=1S/C22H26N2O4/c1-16(28-22(27)18-7-5-17(15-25)6-8-18)21(26)23-19-9-11-20(12-10-19)24-13-3-2-4-14-24/h5-12,16,25H,2-4,13-15H2,1H3,(H,23,26)/t16-/m1/s1. The number of benzene rings is 2. The van der Waals surface area contributed by atoms with E-state index in [9.17, 15) is 9.59 Å². The fourth-order valence-corrected chi connectivity index (χ4v) is 3.18. The van der Waals surface area contributed by atoms with Crippen molar-refractivity contribution in [2.75, 3.05) is 23.3 Å². The molecule has 1 aliphatic heterocycles. The van der Waals surface area contributed by atoms with Crippen LogP contribution >= 0.6 is 0 Å². The first-order valence-corrected chi connectivity index (χ1v) is 9.63. The minimum Gasteiger partial charge on any atom is -0.449 e. The molecule has 0 unspecified atom stereocenters. The number of nitrogens with one attached hydrogen (secondary N) is 1. The molecule has 28 heavy (non-hydrogen) atoms. The van der Waals surface area contributed by atoms with E-state index in [-0.39, 0.29) is 12.5 Å². The van der Waals surface area contributed by atoms with E-state index in [4.69, 9.17) is 9.84 Å². The lowest BCUT2D eigenvalue weighted by Gasteiger charge is -2.28. The number of anilines is 2. The van der Waals surface area contributed by atoms with E-state index in [1.54, 1.807) is 24.3 Å². The predicted molar refractivity (Wildman–Crippen MR) is 108 cm³/mol. The van der Waals surface area contributed by atoms with Crippen LogP contribution in [0.4, 0.5) is 11.4 Å². The molecule has 0 aromatic heterocycles. The number of piperidine rings is 1. The Morgan fingerprint density at radius 3 is 2.29 bits per heavy atom. The Balaban J connectivity index is 1.53. The van der Waals surface area contributed by atoms with Crippen LogP contribution in [0.1, 0.15) is 42.1 Å². The van der Waals surface area contributed by atoms with Crippen LogP contribution in [0.25, 0.3) is 0 Å². The Bertz CT molecular complexity index is 796. The average Bonchev–Trinajstić information content (AvgIpc) is 2.75. The molecule has 1 atom stereocenters. The van der Waals surface area contributed by atoms with Crippen molar-refractivity contribution in [3.05, 3.63) is 59.7 Å². The third-order valence-electron chi connectivity index (χ3n) is 4.88. The fraction of sp³-hybridized carbons (Fsp3) is 0.364. The van der Waals surface area contributed by atoms with Gasteiger partial charge in [-0.05, 0) is 68.1 Å². The quantitative estimate of drug-likeness (QED) is 0.749. The highest BCUT2D eigenvalue weighted by atomic mass is 16.5. The monoisotopic (exact) mass is 382 g/mol. The van der Waals surface area contributed by atoms with E-state index in [1.165, 1.54) is 26.2 Å². The second-order valence-corrected chi connectivity index (χ2v) is 6.99. The van der Waals surface area contributed by atoms with Crippen LogP contribution < -0.4 is 10.2 Å². The van der Waals surface area contributed by atoms with Crippen molar-refractivity contribution in [1.29, 1.82) is 0 Å². The van der Waals surface area contributed by atoms with Crippen molar-refractivity contribution in [1.82, 2.24) is 0 Å². The van der Waals surface area contributed by atoms with E-state index < -0.39 is 12.1 Å². The summed E-state index contributed by atoms with van der Waals surface area (Å²) in [5.74, 6) is -0.960. The lowest BCUT2D eigenvalue weighted by molar-refractivity contribution is -0.123. The van der Waals surface area contributed by atoms with Crippen molar-refractivity contribution in [2.45, 2.75) is 38.9 Å². The number of carbonyl (C=O) groups excluding carboxylic acids is 2. The molecule has 1 fully saturated rings. The van der Waals surface area contributed by atoms with Crippen LogP contribution in [0.5, 0.6) is 0 Å². The van der Waals surface area contributed by atoms with Crippen molar-refractivity contribution in [3.63, 3.8) is 0 Å². The molecule has 0 aliphatic carbocycles. The highest BCUT2D eigenvalue weighted by Gasteiger charge is 2.19. The molecule has 148 valence electrons. The number of nitrogens with zero attached hydrogens (tertiary/aromatic N) is 1. The van der Waals surface area contributed by atoms with Gasteiger partial charge in [0, 0.05) is 24.5 Å². The summed E-state index contributed by atoms with van der Waals surface area (Å²) in [5.41, 5.74) is 2.86. The molecular weight excluding hydrogens is 356 g/mol. The minimum atomic E-state index is -0.924. The predicted octanol–water partition coefficient (Wildman–Crippen LogP) is 3.35. The second-order valence-electron chi connectivity index (χ2n) is 6.99. The summed E-state index contributed by atoms with van der Waals surface area (Å²) >= 11 is 0. The van der Waals surface area contributed by atoms with Crippen LogP contribution in [-0.2, 0) is 16.1 Å². The molecule has 0 spiro atoms. The number of hydrogen-bond acceptors (Lipinski definition) is 5. The highest BCUT2D eigenvalue weighted by Crippen LogP contribution is 2.22. The number of aliphatic hydroxyl groups is 1. The first-order chi connectivity index (χ1) is 13.6. The molecule has 1 aliphatic rings. The molecule has 6 heteroatoms. The first-order valence-electron chi connectivity index (χ1n) is 9.63. The Morgan fingerprint density at radius 1 is 1.04 bits per heavy atom. The van der Waals surface area contributed by atoms with Gasteiger partial charge in [-0.3, -0.25) is 4.79 Å². The average molecular weight is 382 g/mol. The largest absolute Gasteiger partial charge is 0.449 e. The molecule has 1 heterocycles. The lowest BCUT2D eigenvalue weighted by atomic mass is 10.1. The van der Waals surface area contributed by atoms with Crippen LogP contribution in [0.2, 0.25) is 0 Å². The van der Waals surface area contributed by atoms with Crippen LogP contribution in [0.15, 0.2) is 48.5 Å². The zero-order valence-corrected chi connectivity index (χ0v) is 16.1. The third kappa shape index (κ3) is 5.10. The second kappa shape index (κ2) is 9.37. The van der Waals surface area contributed by atoms with E-state index in [0.29, 0.717) is 16.8 Å². The van der Waals surface area contributed by atoms with Gasteiger partial charge in [-0.1, -0.05) is 12.1 Å². The number of hydrogen-bond donors (Lipinski definition) is 2. The maximum atomic E-state index is 12.3. The summed E-state index contributed by atoms with van der Waals surface area (Å²) in [6.45, 7) is 3.58. The zero-order valence-electron chi connectivity index (χ0n) is 16.1. The Labute approximate surface area is 165 Å². The van der Waals surface area contributed by atoms with E-state index in [0.717, 1.165) is 18.8 Å². The van der Waals surface area contributed by atoms with Crippen LogP contribution in [0, 0.1) is 0 Å². The summed E-state index contributed by atoms with van der Waals surface area (Å²) in [6, 6.07) is 14.2. The Morgan fingerprint density at radius 2 is 1.68 bits per heavy atom. The minimum absolute atomic E-state index is 0.0926. The number of rotatable bonds is 6. The van der Waals surface area contributed by atoms with Gasteiger partial charge < -0.3 is 20.1 Å². The van der Waals surface area contributed by atoms with E-state index in [1.807, 2.05) is 24.3 Å². The SMILES string of the molecule is C[C@@H](OC(=O)c1ccc(CO)cc1)C(=O)Nc1ccc(N2CCCCC2)cc1. The van der Waals surface area contributed by atoms with E-state index in [2.05, 4.69) is 10.2 Å².